The number of carbonyl (C=O) groups is 1. The number of carbonyl (C=O) groups excluding carboxylic acids is 1. The average Bonchev–Trinajstić information content (AvgIpc) is 2.91. The second-order valence-electron chi connectivity index (χ2n) is 5.15. The first-order valence-electron chi connectivity index (χ1n) is 6.99. The third kappa shape index (κ3) is 2.80. The van der Waals surface area contributed by atoms with Crippen LogP contribution in [0.5, 0.6) is 0 Å². The third-order valence-electron chi connectivity index (χ3n) is 3.77. The van der Waals surface area contributed by atoms with Crippen LogP contribution >= 0.6 is 0 Å². The zero-order valence-corrected chi connectivity index (χ0v) is 11.0. The number of amides is 1. The first-order valence-corrected chi connectivity index (χ1v) is 6.99. The molecule has 1 N–H and O–H groups in total. The summed E-state index contributed by atoms with van der Waals surface area (Å²) in [5.74, 6) is 0.207. The molecule has 102 valence electrons. The van der Waals surface area contributed by atoms with Crippen LogP contribution in [0.2, 0.25) is 0 Å². The Morgan fingerprint density at radius 3 is 3.00 bits per heavy atom. The van der Waals surface area contributed by atoms with Crippen LogP contribution in [0.25, 0.3) is 6.08 Å². The number of rotatable bonds is 2. The van der Waals surface area contributed by atoms with E-state index in [0.717, 1.165) is 5.69 Å². The van der Waals surface area contributed by atoms with Crippen LogP contribution < -0.4 is 5.32 Å². The van der Waals surface area contributed by atoms with Gasteiger partial charge in [-0.3, -0.25) is 4.79 Å². The molecule has 5 heteroatoms. The Hall–Kier alpha value is -1.78. The highest BCUT2D eigenvalue weighted by Gasteiger charge is 2.18. The molecule has 0 radical (unpaired) electrons. The second-order valence-corrected chi connectivity index (χ2v) is 5.15. The van der Waals surface area contributed by atoms with Crippen molar-refractivity contribution >= 4 is 12.0 Å². The van der Waals surface area contributed by atoms with E-state index in [4.69, 9.17) is 4.74 Å². The fraction of sp³-hybridized carbons (Fsp3) is 0.571. The Bertz CT molecular complexity index is 487. The largest absolute Gasteiger partial charge is 0.486 e. The molecule has 0 aromatic carbocycles. The van der Waals surface area contributed by atoms with Gasteiger partial charge in [-0.15, -0.1) is 0 Å². The summed E-state index contributed by atoms with van der Waals surface area (Å²) in [5.41, 5.74) is 0.789. The summed E-state index contributed by atoms with van der Waals surface area (Å²) in [4.78, 5) is 15.9. The molecule has 0 atom stereocenters. The fourth-order valence-corrected chi connectivity index (χ4v) is 2.73. The van der Waals surface area contributed by atoms with E-state index in [0.29, 0.717) is 25.0 Å². The van der Waals surface area contributed by atoms with E-state index in [-0.39, 0.29) is 5.91 Å². The molecule has 0 bridgehead atoms. The smallest absolute Gasteiger partial charge is 0.286 e. The Balaban J connectivity index is 1.73. The first-order chi connectivity index (χ1) is 9.33. The standard InChI is InChI=1S/C14H19N3O2/c18-14-13(19-7-6-15-14)8-11-9-17(10-16-11)12-4-2-1-3-5-12/h8-10,12H,1-7H2,(H,15,18)/b13-8-. The van der Waals surface area contributed by atoms with Crippen molar-refractivity contribution in [3.8, 4) is 0 Å². The molecule has 1 aliphatic carbocycles. The van der Waals surface area contributed by atoms with Crippen molar-refractivity contribution < 1.29 is 9.53 Å². The van der Waals surface area contributed by atoms with E-state index >= 15 is 0 Å². The number of aromatic nitrogens is 2. The second kappa shape index (κ2) is 5.47. The highest BCUT2D eigenvalue weighted by atomic mass is 16.5. The van der Waals surface area contributed by atoms with Crippen LogP contribution in [0, 0.1) is 0 Å². The Morgan fingerprint density at radius 2 is 2.21 bits per heavy atom. The Morgan fingerprint density at radius 1 is 1.37 bits per heavy atom. The van der Waals surface area contributed by atoms with Crippen LogP contribution in [0.1, 0.15) is 43.8 Å². The van der Waals surface area contributed by atoms with Gasteiger partial charge >= 0.3 is 0 Å². The quantitative estimate of drug-likeness (QED) is 0.827. The minimum atomic E-state index is -0.154. The molecule has 0 spiro atoms. The van der Waals surface area contributed by atoms with Gasteiger partial charge in [0.05, 0.1) is 18.6 Å². The topological polar surface area (TPSA) is 56.1 Å². The zero-order valence-electron chi connectivity index (χ0n) is 11.0. The lowest BCUT2D eigenvalue weighted by Gasteiger charge is -2.22. The molecule has 5 nitrogen and oxygen atoms in total. The third-order valence-corrected chi connectivity index (χ3v) is 3.77. The molecule has 2 heterocycles. The number of ether oxygens (including phenoxy) is 1. The van der Waals surface area contributed by atoms with E-state index in [9.17, 15) is 4.79 Å². The lowest BCUT2D eigenvalue weighted by Crippen LogP contribution is -2.34. The van der Waals surface area contributed by atoms with Crippen molar-refractivity contribution in [2.45, 2.75) is 38.1 Å². The minimum absolute atomic E-state index is 0.154. The lowest BCUT2D eigenvalue weighted by molar-refractivity contribution is -0.123. The van der Waals surface area contributed by atoms with Crippen LogP contribution in [0.4, 0.5) is 0 Å². The van der Waals surface area contributed by atoms with Crippen molar-refractivity contribution in [3.63, 3.8) is 0 Å². The zero-order chi connectivity index (χ0) is 13.1. The number of nitrogens with one attached hydrogen (secondary N) is 1. The summed E-state index contributed by atoms with van der Waals surface area (Å²) in [6.45, 7) is 1.10. The van der Waals surface area contributed by atoms with E-state index in [1.54, 1.807) is 6.08 Å². The average molecular weight is 261 g/mol. The molecule has 1 aliphatic heterocycles. The van der Waals surface area contributed by atoms with Gasteiger partial charge in [0.15, 0.2) is 5.76 Å². The molecule has 1 aromatic heterocycles. The minimum Gasteiger partial charge on any atom is -0.486 e. The van der Waals surface area contributed by atoms with Gasteiger partial charge in [-0.25, -0.2) is 4.98 Å². The SMILES string of the molecule is O=C1NCCO/C1=C\c1cn(C2CCCCC2)cn1. The molecular weight excluding hydrogens is 242 g/mol. The fourth-order valence-electron chi connectivity index (χ4n) is 2.73. The summed E-state index contributed by atoms with van der Waals surface area (Å²) in [7, 11) is 0. The van der Waals surface area contributed by atoms with Gasteiger partial charge < -0.3 is 14.6 Å². The van der Waals surface area contributed by atoms with Crippen molar-refractivity contribution in [2.24, 2.45) is 0 Å². The molecule has 19 heavy (non-hydrogen) atoms. The van der Waals surface area contributed by atoms with Crippen molar-refractivity contribution in [3.05, 3.63) is 24.0 Å². The first kappa shape index (κ1) is 12.3. The molecule has 2 fully saturated rings. The maximum atomic E-state index is 11.6. The summed E-state index contributed by atoms with van der Waals surface area (Å²) in [5, 5.41) is 2.76. The van der Waals surface area contributed by atoms with Gasteiger partial charge in [0.2, 0.25) is 0 Å². The number of hydrogen-bond acceptors (Lipinski definition) is 3. The predicted molar refractivity (Wildman–Crippen MR) is 71.3 cm³/mol. The molecule has 0 unspecified atom stereocenters. The van der Waals surface area contributed by atoms with Crippen LogP contribution in [0.3, 0.4) is 0 Å². The van der Waals surface area contributed by atoms with E-state index in [2.05, 4.69) is 14.9 Å². The normalized spacial score (nSPS) is 23.2. The Kier molecular flexibility index (Phi) is 3.53. The van der Waals surface area contributed by atoms with Gasteiger partial charge in [-0.1, -0.05) is 19.3 Å². The number of imidazole rings is 1. The van der Waals surface area contributed by atoms with E-state index in [1.807, 2.05) is 12.5 Å². The van der Waals surface area contributed by atoms with Crippen LogP contribution in [0.15, 0.2) is 18.3 Å². The summed E-state index contributed by atoms with van der Waals surface area (Å²) in [6, 6.07) is 0.564. The molecule has 1 saturated carbocycles. The van der Waals surface area contributed by atoms with Gasteiger partial charge in [0, 0.05) is 18.3 Å². The molecular formula is C14H19N3O2. The van der Waals surface area contributed by atoms with Gasteiger partial charge in [0.25, 0.3) is 5.91 Å². The van der Waals surface area contributed by atoms with E-state index in [1.165, 1.54) is 32.1 Å². The highest BCUT2D eigenvalue weighted by molar-refractivity contribution is 5.96. The maximum Gasteiger partial charge on any atom is 0.286 e. The predicted octanol–water partition coefficient (Wildman–Crippen LogP) is 1.88. The number of hydrogen-bond donors (Lipinski definition) is 1. The monoisotopic (exact) mass is 261 g/mol. The van der Waals surface area contributed by atoms with Crippen LogP contribution in [-0.2, 0) is 9.53 Å². The molecule has 1 amide bonds. The maximum absolute atomic E-state index is 11.6. The Labute approximate surface area is 112 Å². The van der Waals surface area contributed by atoms with Crippen LogP contribution in [-0.4, -0.2) is 28.6 Å². The summed E-state index contributed by atoms with van der Waals surface area (Å²) < 4.78 is 7.52. The molecule has 2 aliphatic rings. The van der Waals surface area contributed by atoms with Crippen molar-refractivity contribution in [2.75, 3.05) is 13.2 Å². The van der Waals surface area contributed by atoms with Gasteiger partial charge in [0.1, 0.15) is 6.61 Å². The van der Waals surface area contributed by atoms with Gasteiger partial charge in [-0.2, -0.15) is 0 Å². The molecule has 3 rings (SSSR count). The molecule has 1 aromatic rings. The van der Waals surface area contributed by atoms with E-state index < -0.39 is 0 Å². The number of morpholine rings is 1. The number of nitrogens with zero attached hydrogens (tertiary/aromatic N) is 2. The highest BCUT2D eigenvalue weighted by Crippen LogP contribution is 2.28. The molecule has 1 saturated heterocycles. The van der Waals surface area contributed by atoms with Crippen molar-refractivity contribution in [1.82, 2.24) is 14.9 Å². The summed E-state index contributed by atoms with van der Waals surface area (Å²) >= 11 is 0. The lowest BCUT2D eigenvalue weighted by atomic mass is 9.95. The summed E-state index contributed by atoms with van der Waals surface area (Å²) in [6.07, 6.45) is 12.0. The van der Waals surface area contributed by atoms with Crippen molar-refractivity contribution in [1.29, 1.82) is 0 Å². The van der Waals surface area contributed by atoms with Gasteiger partial charge in [-0.05, 0) is 12.8 Å².